The maximum Gasteiger partial charge on any atom is 0.331 e. The zero-order chi connectivity index (χ0) is 35.2. The smallest absolute Gasteiger partial charge is 0.331 e. The highest BCUT2D eigenvalue weighted by atomic mass is 16.6. The number of carboxylic acids is 1. The van der Waals surface area contributed by atoms with E-state index in [1.165, 1.54) is 19.3 Å². The summed E-state index contributed by atoms with van der Waals surface area (Å²) in [6.07, 6.45) is 9.52. The van der Waals surface area contributed by atoms with Gasteiger partial charge in [-0.25, -0.2) is 4.79 Å². The van der Waals surface area contributed by atoms with Crippen LogP contribution in [0.2, 0.25) is 0 Å². The Kier molecular flexibility index (Phi) is 8.27. The zero-order valence-electron chi connectivity index (χ0n) is 30.0. The molecule has 8 heteroatoms. The van der Waals surface area contributed by atoms with Crippen LogP contribution in [0.3, 0.4) is 0 Å². The van der Waals surface area contributed by atoms with E-state index in [0.29, 0.717) is 37.0 Å². The number of aliphatic hydroxyl groups excluding tert-OH is 1. The summed E-state index contributed by atoms with van der Waals surface area (Å²) in [4.78, 5) is 26.2. The molecule has 8 nitrogen and oxygen atoms in total. The number of methoxy groups -OCH3 is 1. The Labute approximate surface area is 285 Å². The Bertz CT molecular complexity index is 1540. The van der Waals surface area contributed by atoms with E-state index in [2.05, 4.69) is 47.6 Å². The molecule has 1 aromatic carbocycles. The summed E-state index contributed by atoms with van der Waals surface area (Å²) < 4.78 is 11.2. The third kappa shape index (κ3) is 4.74. The number of fused-ring (bicyclic) bond motifs is 7. The van der Waals surface area contributed by atoms with Crippen LogP contribution < -0.4 is 4.74 Å². The number of carbonyl (C=O) groups is 2. The fourth-order valence-electron chi connectivity index (χ4n) is 12.3. The van der Waals surface area contributed by atoms with Crippen LogP contribution in [0.4, 0.5) is 0 Å². The number of carboxylic acid groups (broad SMARTS) is 1. The maximum atomic E-state index is 13.2. The van der Waals surface area contributed by atoms with Gasteiger partial charge in [0.2, 0.25) is 0 Å². The highest BCUT2D eigenvalue weighted by Crippen LogP contribution is 2.76. The summed E-state index contributed by atoms with van der Waals surface area (Å²) in [6, 6.07) is 4.82. The molecule has 0 radical (unpaired) electrons. The lowest BCUT2D eigenvalue weighted by Crippen LogP contribution is -2.69. The molecule has 5 aliphatic carbocycles. The van der Waals surface area contributed by atoms with Crippen molar-refractivity contribution in [3.8, 4) is 11.5 Å². The third-order valence-electron chi connectivity index (χ3n) is 15.2. The molecule has 5 aliphatic rings. The molecular formula is C40H56O8. The van der Waals surface area contributed by atoms with Gasteiger partial charge in [-0.05, 0) is 116 Å². The van der Waals surface area contributed by atoms with Crippen LogP contribution in [-0.2, 0) is 14.3 Å². The van der Waals surface area contributed by atoms with Crippen molar-refractivity contribution in [3.05, 3.63) is 41.5 Å². The Morgan fingerprint density at radius 2 is 1.69 bits per heavy atom. The van der Waals surface area contributed by atoms with E-state index in [4.69, 9.17) is 9.47 Å². The van der Waals surface area contributed by atoms with Gasteiger partial charge >= 0.3 is 11.9 Å². The monoisotopic (exact) mass is 664 g/mol. The lowest BCUT2D eigenvalue weighted by molar-refractivity contribution is -0.242. The summed E-state index contributed by atoms with van der Waals surface area (Å²) in [6.45, 7) is 15.2. The number of phenols is 1. The molecule has 4 N–H and O–H groups in total. The molecule has 0 unspecified atom stereocenters. The number of rotatable bonds is 5. The lowest BCUT2D eigenvalue weighted by Gasteiger charge is -2.72. The number of hydrogen-bond acceptors (Lipinski definition) is 7. The first-order valence-electron chi connectivity index (χ1n) is 17.9. The molecule has 48 heavy (non-hydrogen) atoms. The molecule has 11 atom stereocenters. The second kappa shape index (κ2) is 11.3. The fraction of sp³-hybridized carbons (Fsp3) is 0.700. The van der Waals surface area contributed by atoms with Gasteiger partial charge in [0.05, 0.1) is 24.2 Å². The van der Waals surface area contributed by atoms with Crippen molar-refractivity contribution in [2.45, 2.75) is 118 Å². The first-order valence-corrected chi connectivity index (χ1v) is 17.9. The summed E-state index contributed by atoms with van der Waals surface area (Å²) in [5.41, 5.74) is -1.43. The second-order valence-electron chi connectivity index (χ2n) is 17.6. The van der Waals surface area contributed by atoms with Crippen molar-refractivity contribution in [3.63, 3.8) is 0 Å². The van der Waals surface area contributed by atoms with Gasteiger partial charge < -0.3 is 29.9 Å². The van der Waals surface area contributed by atoms with E-state index in [1.54, 1.807) is 18.2 Å². The molecule has 0 amide bonds. The number of hydrogen-bond donors (Lipinski definition) is 4. The largest absolute Gasteiger partial charge is 0.504 e. The van der Waals surface area contributed by atoms with Gasteiger partial charge in [-0.15, -0.1) is 0 Å². The number of aromatic hydroxyl groups is 1. The van der Waals surface area contributed by atoms with Crippen molar-refractivity contribution in [1.82, 2.24) is 0 Å². The minimum Gasteiger partial charge on any atom is -0.504 e. The molecule has 0 bridgehead atoms. The first kappa shape index (κ1) is 35.0. The molecule has 0 saturated heterocycles. The van der Waals surface area contributed by atoms with Gasteiger partial charge in [-0.2, -0.15) is 0 Å². The minimum absolute atomic E-state index is 0.00436. The number of phenolic OH excluding ortho intramolecular Hbond substituents is 1. The molecular weight excluding hydrogens is 608 g/mol. The minimum atomic E-state index is -1.11. The summed E-state index contributed by atoms with van der Waals surface area (Å²) in [7, 11) is 1.47. The van der Waals surface area contributed by atoms with E-state index in [1.807, 2.05) is 6.92 Å². The fourth-order valence-corrected chi connectivity index (χ4v) is 12.3. The van der Waals surface area contributed by atoms with Crippen LogP contribution in [-0.4, -0.2) is 57.3 Å². The van der Waals surface area contributed by atoms with Crippen LogP contribution in [0.15, 0.2) is 35.9 Å². The molecule has 0 aromatic heterocycles. The Hall–Kier alpha value is -2.84. The molecule has 6 rings (SSSR count). The zero-order valence-corrected chi connectivity index (χ0v) is 30.0. The molecule has 4 fully saturated rings. The topological polar surface area (TPSA) is 134 Å². The lowest BCUT2D eigenvalue weighted by atomic mass is 9.33. The van der Waals surface area contributed by atoms with E-state index in [9.17, 15) is 30.0 Å². The average Bonchev–Trinajstić information content (AvgIpc) is 3.00. The van der Waals surface area contributed by atoms with Gasteiger partial charge in [0.1, 0.15) is 6.10 Å². The Morgan fingerprint density at radius 3 is 2.35 bits per heavy atom. The molecule has 4 saturated carbocycles. The highest BCUT2D eigenvalue weighted by Gasteiger charge is 2.72. The van der Waals surface area contributed by atoms with E-state index in [-0.39, 0.29) is 39.7 Å². The summed E-state index contributed by atoms with van der Waals surface area (Å²) in [5.74, 6) is -0.985. The van der Waals surface area contributed by atoms with Crippen LogP contribution in [0, 0.1) is 50.7 Å². The number of esters is 1. The normalized spacial score (nSPS) is 44.8. The predicted octanol–water partition coefficient (Wildman–Crippen LogP) is 7.15. The molecule has 0 spiro atoms. The number of benzene rings is 1. The molecule has 1 aromatic rings. The first-order chi connectivity index (χ1) is 22.3. The number of allylic oxidation sites excluding steroid dienone is 1. The SMILES string of the molecule is COc1cc(/C=C/C(=O)O[C@@H]2[C@H](O)C[C@]3(C)[C@H]4CC=C5[C@H]6[C@](C(=O)O)(CC[C@@H](C)[C@@]6(C)O)CC[C@@]5(C)[C@]4(C)CC[C@H]3C2(C)C)ccc1O. The Morgan fingerprint density at radius 1 is 0.979 bits per heavy atom. The van der Waals surface area contributed by atoms with Crippen LogP contribution in [0.25, 0.3) is 6.08 Å². The van der Waals surface area contributed by atoms with Crippen molar-refractivity contribution in [2.75, 3.05) is 7.11 Å². The Balaban J connectivity index is 1.29. The van der Waals surface area contributed by atoms with Crippen LogP contribution >= 0.6 is 0 Å². The summed E-state index contributed by atoms with van der Waals surface area (Å²) >= 11 is 0. The standard InChI is InChI=1S/C40H56O8/c1-23-15-18-40(34(44)45)20-19-37(5)25(32(40)39(23,7)46)11-13-30-36(4)22-27(42)33(35(2,3)29(36)16-17-38(30,37)6)48-31(43)14-10-24-9-12-26(41)28(21-24)47-8/h9-12,14,21,23,27,29-30,32-33,41-42,46H,13,15-20,22H2,1-8H3,(H,44,45)/b14-10+/t23-,27-,29+,30-,32-,33-,36+,37-,38-,39-,40+/m1/s1. The van der Waals surface area contributed by atoms with E-state index in [0.717, 1.165) is 31.3 Å². The van der Waals surface area contributed by atoms with E-state index >= 15 is 0 Å². The quantitative estimate of drug-likeness (QED) is 0.148. The number of aliphatic hydroxyl groups is 2. The van der Waals surface area contributed by atoms with Gasteiger partial charge in [0.25, 0.3) is 0 Å². The van der Waals surface area contributed by atoms with Crippen LogP contribution in [0.1, 0.15) is 105 Å². The van der Waals surface area contributed by atoms with Gasteiger partial charge in [0.15, 0.2) is 11.5 Å². The predicted molar refractivity (Wildman–Crippen MR) is 183 cm³/mol. The summed E-state index contributed by atoms with van der Waals surface area (Å²) in [5, 5.41) is 44.4. The van der Waals surface area contributed by atoms with Crippen molar-refractivity contribution in [1.29, 1.82) is 0 Å². The van der Waals surface area contributed by atoms with Gasteiger partial charge in [-0.1, -0.05) is 59.3 Å². The number of ether oxygens (including phenoxy) is 2. The van der Waals surface area contributed by atoms with Crippen molar-refractivity contribution >= 4 is 18.0 Å². The molecule has 0 heterocycles. The number of aliphatic carboxylic acids is 1. The molecule has 264 valence electrons. The van der Waals surface area contributed by atoms with E-state index < -0.39 is 46.5 Å². The molecule has 0 aliphatic heterocycles. The third-order valence-corrected chi connectivity index (χ3v) is 15.2. The highest BCUT2D eigenvalue weighted by molar-refractivity contribution is 5.87. The van der Waals surface area contributed by atoms with Crippen LogP contribution in [0.5, 0.6) is 11.5 Å². The second-order valence-corrected chi connectivity index (χ2v) is 17.6. The van der Waals surface area contributed by atoms with Gasteiger partial charge in [0, 0.05) is 17.4 Å². The average molecular weight is 665 g/mol. The van der Waals surface area contributed by atoms with Crippen molar-refractivity contribution in [2.24, 2.45) is 50.7 Å². The van der Waals surface area contributed by atoms with Gasteiger partial charge in [-0.3, -0.25) is 4.79 Å². The number of carbonyl (C=O) groups excluding carboxylic acids is 1. The maximum absolute atomic E-state index is 13.2. The van der Waals surface area contributed by atoms with Crippen molar-refractivity contribution < 1.29 is 39.5 Å².